The molecule has 0 aromatic rings. The van der Waals surface area contributed by atoms with E-state index in [0.29, 0.717) is 0 Å². The number of carbonyl (C=O) groups is 3. The van der Waals surface area contributed by atoms with Crippen LogP contribution >= 0.6 is 0 Å². The van der Waals surface area contributed by atoms with Crippen molar-refractivity contribution in [3.8, 4) is 0 Å². The third-order valence-electron chi connectivity index (χ3n) is 2.38. The summed E-state index contributed by atoms with van der Waals surface area (Å²) < 4.78 is 0. The minimum atomic E-state index is -1.12. The van der Waals surface area contributed by atoms with Gasteiger partial charge in [-0.2, -0.15) is 0 Å². The lowest BCUT2D eigenvalue weighted by atomic mass is 10.3. The van der Waals surface area contributed by atoms with E-state index in [9.17, 15) is 14.4 Å². The minimum Gasteiger partial charge on any atom is -0.480 e. The Bertz CT molecular complexity index is 328. The molecule has 0 spiro atoms. The number of hydrogen-bond donors (Lipinski definition) is 3. The Kier molecular flexibility index (Phi) is 4.30. The van der Waals surface area contributed by atoms with Crippen molar-refractivity contribution in [1.29, 1.82) is 0 Å². The fourth-order valence-corrected chi connectivity index (χ4v) is 1.15. The molecule has 0 unspecified atom stereocenters. The molecule has 1 saturated carbocycles. The van der Waals surface area contributed by atoms with E-state index in [4.69, 9.17) is 5.11 Å². The summed E-state index contributed by atoms with van der Waals surface area (Å²) in [7, 11) is 1.44. The second-order valence-corrected chi connectivity index (χ2v) is 4.21. The SMILES string of the molecule is C[C@H](NC(=O)N(C)CC(=O)NC1CC1)C(=O)O. The molecule has 1 aliphatic carbocycles. The van der Waals surface area contributed by atoms with Crippen LogP contribution in [0.4, 0.5) is 4.79 Å². The van der Waals surface area contributed by atoms with Gasteiger partial charge in [-0.05, 0) is 19.8 Å². The van der Waals surface area contributed by atoms with E-state index in [0.717, 1.165) is 17.7 Å². The number of hydrogen-bond acceptors (Lipinski definition) is 3. The Morgan fingerprint density at radius 2 is 2.00 bits per heavy atom. The normalized spacial score (nSPS) is 15.9. The molecule has 0 saturated heterocycles. The van der Waals surface area contributed by atoms with Crippen LogP contribution in [-0.4, -0.2) is 53.6 Å². The molecule has 0 aromatic heterocycles. The van der Waals surface area contributed by atoms with E-state index in [-0.39, 0.29) is 18.5 Å². The van der Waals surface area contributed by atoms with Crippen molar-refractivity contribution >= 4 is 17.9 Å². The Balaban J connectivity index is 2.29. The molecule has 3 amide bonds. The highest BCUT2D eigenvalue weighted by Crippen LogP contribution is 2.18. The maximum atomic E-state index is 11.5. The van der Waals surface area contributed by atoms with Crippen molar-refractivity contribution in [2.75, 3.05) is 13.6 Å². The third kappa shape index (κ3) is 4.71. The molecule has 1 aliphatic rings. The highest BCUT2D eigenvalue weighted by atomic mass is 16.4. The number of carbonyl (C=O) groups excluding carboxylic acids is 2. The summed E-state index contributed by atoms with van der Waals surface area (Å²) in [5.74, 6) is -1.35. The van der Waals surface area contributed by atoms with Crippen molar-refractivity contribution in [3.05, 3.63) is 0 Å². The summed E-state index contributed by atoms with van der Waals surface area (Å²) in [5, 5.41) is 13.6. The van der Waals surface area contributed by atoms with Crippen LogP contribution in [0.15, 0.2) is 0 Å². The van der Waals surface area contributed by atoms with Crippen LogP contribution in [0.2, 0.25) is 0 Å². The van der Waals surface area contributed by atoms with Crippen LogP contribution in [-0.2, 0) is 9.59 Å². The molecule has 1 rings (SSSR count). The highest BCUT2D eigenvalue weighted by Gasteiger charge is 2.24. The fraction of sp³-hybridized carbons (Fsp3) is 0.700. The van der Waals surface area contributed by atoms with E-state index in [2.05, 4.69) is 10.6 Å². The van der Waals surface area contributed by atoms with Gasteiger partial charge in [0.1, 0.15) is 12.6 Å². The van der Waals surface area contributed by atoms with Gasteiger partial charge in [0, 0.05) is 13.1 Å². The van der Waals surface area contributed by atoms with E-state index < -0.39 is 18.0 Å². The number of nitrogens with zero attached hydrogens (tertiary/aromatic N) is 1. The van der Waals surface area contributed by atoms with Crippen LogP contribution in [0.1, 0.15) is 19.8 Å². The largest absolute Gasteiger partial charge is 0.480 e. The van der Waals surface area contributed by atoms with E-state index in [1.807, 2.05) is 0 Å². The second kappa shape index (κ2) is 5.51. The smallest absolute Gasteiger partial charge is 0.325 e. The van der Waals surface area contributed by atoms with Gasteiger partial charge < -0.3 is 20.6 Å². The number of aliphatic carboxylic acids is 1. The van der Waals surface area contributed by atoms with E-state index >= 15 is 0 Å². The summed E-state index contributed by atoms with van der Waals surface area (Å²) >= 11 is 0. The van der Waals surface area contributed by atoms with E-state index in [1.165, 1.54) is 14.0 Å². The molecule has 0 radical (unpaired) electrons. The van der Waals surface area contributed by atoms with Crippen LogP contribution in [0.5, 0.6) is 0 Å². The first-order chi connectivity index (χ1) is 7.90. The van der Waals surface area contributed by atoms with Gasteiger partial charge >= 0.3 is 12.0 Å². The summed E-state index contributed by atoms with van der Waals surface area (Å²) in [6, 6.07) is -1.31. The molecular weight excluding hydrogens is 226 g/mol. The number of carboxylic acids is 1. The third-order valence-corrected chi connectivity index (χ3v) is 2.38. The quantitative estimate of drug-likeness (QED) is 0.599. The van der Waals surface area contributed by atoms with Gasteiger partial charge in [-0.3, -0.25) is 9.59 Å². The zero-order valence-electron chi connectivity index (χ0n) is 9.90. The van der Waals surface area contributed by atoms with Gasteiger partial charge in [0.2, 0.25) is 5.91 Å². The summed E-state index contributed by atoms with van der Waals surface area (Å²) in [4.78, 5) is 34.5. The predicted molar refractivity (Wildman–Crippen MR) is 59.4 cm³/mol. The van der Waals surface area contributed by atoms with Crippen LogP contribution in [0.25, 0.3) is 0 Å². The van der Waals surface area contributed by atoms with Crippen molar-refractivity contribution in [3.63, 3.8) is 0 Å². The maximum Gasteiger partial charge on any atom is 0.325 e. The Morgan fingerprint density at radius 1 is 1.41 bits per heavy atom. The van der Waals surface area contributed by atoms with Crippen LogP contribution in [0.3, 0.4) is 0 Å². The molecule has 3 N–H and O–H groups in total. The molecular formula is C10H17N3O4. The first-order valence-electron chi connectivity index (χ1n) is 5.44. The molecule has 0 bridgehead atoms. The first kappa shape index (κ1) is 13.3. The summed E-state index contributed by atoms with van der Waals surface area (Å²) in [6.45, 7) is 1.28. The Morgan fingerprint density at radius 3 is 2.47 bits per heavy atom. The number of nitrogens with one attached hydrogen (secondary N) is 2. The second-order valence-electron chi connectivity index (χ2n) is 4.21. The van der Waals surface area contributed by atoms with Gasteiger partial charge in [-0.25, -0.2) is 4.79 Å². The number of amides is 3. The van der Waals surface area contributed by atoms with E-state index in [1.54, 1.807) is 0 Å². The first-order valence-corrected chi connectivity index (χ1v) is 5.44. The van der Waals surface area contributed by atoms with Crippen molar-refractivity contribution in [2.45, 2.75) is 31.8 Å². The Hall–Kier alpha value is -1.79. The number of urea groups is 1. The fourth-order valence-electron chi connectivity index (χ4n) is 1.15. The lowest BCUT2D eigenvalue weighted by Gasteiger charge is -2.19. The molecule has 1 fully saturated rings. The molecule has 7 nitrogen and oxygen atoms in total. The molecule has 1 atom stereocenters. The standard InChI is InChI=1S/C10H17N3O4/c1-6(9(15)16)11-10(17)13(2)5-8(14)12-7-3-4-7/h6-7H,3-5H2,1-2H3,(H,11,17)(H,12,14)(H,15,16)/t6-/m0/s1. The van der Waals surface area contributed by atoms with Gasteiger partial charge in [0.05, 0.1) is 0 Å². The lowest BCUT2D eigenvalue weighted by Crippen LogP contribution is -2.48. The van der Waals surface area contributed by atoms with Crippen molar-refractivity contribution in [2.24, 2.45) is 0 Å². The van der Waals surface area contributed by atoms with Gasteiger partial charge in [-0.1, -0.05) is 0 Å². The van der Waals surface area contributed by atoms with Crippen molar-refractivity contribution < 1.29 is 19.5 Å². The van der Waals surface area contributed by atoms with Crippen molar-refractivity contribution in [1.82, 2.24) is 15.5 Å². The van der Waals surface area contributed by atoms with Gasteiger partial charge in [0.15, 0.2) is 0 Å². The summed E-state index contributed by atoms with van der Waals surface area (Å²) in [6.07, 6.45) is 1.97. The molecule has 96 valence electrons. The minimum absolute atomic E-state index is 0.0747. The molecule has 0 aromatic carbocycles. The molecule has 0 heterocycles. The number of rotatable bonds is 5. The maximum absolute atomic E-state index is 11.5. The topological polar surface area (TPSA) is 98.7 Å². The average Bonchev–Trinajstić information content (AvgIpc) is 3.00. The molecule has 17 heavy (non-hydrogen) atoms. The zero-order chi connectivity index (χ0) is 13.0. The van der Waals surface area contributed by atoms with Crippen LogP contribution in [0, 0.1) is 0 Å². The average molecular weight is 243 g/mol. The predicted octanol–water partition coefficient (Wildman–Crippen LogP) is -0.620. The molecule has 0 aliphatic heterocycles. The Labute approximate surface area is 99.2 Å². The van der Waals surface area contributed by atoms with Gasteiger partial charge in [-0.15, -0.1) is 0 Å². The number of carboxylic acid groups (broad SMARTS) is 1. The highest BCUT2D eigenvalue weighted by molar-refractivity contribution is 5.86. The van der Waals surface area contributed by atoms with Crippen LogP contribution < -0.4 is 10.6 Å². The monoisotopic (exact) mass is 243 g/mol. The number of likely N-dealkylation sites (N-methyl/N-ethyl adjacent to an activating group) is 1. The summed E-state index contributed by atoms with van der Waals surface area (Å²) in [5.41, 5.74) is 0. The zero-order valence-corrected chi connectivity index (χ0v) is 9.90. The molecule has 7 heteroatoms. The van der Waals surface area contributed by atoms with Gasteiger partial charge in [0.25, 0.3) is 0 Å². The lowest BCUT2D eigenvalue weighted by molar-refractivity contribution is -0.138.